The molecule has 0 aliphatic carbocycles. The molecule has 110 valence electrons. The Bertz CT molecular complexity index is 279. The molecule has 0 saturated carbocycles. The Balaban J connectivity index is 1.59. The molecule has 2 aliphatic rings. The van der Waals surface area contributed by atoms with E-state index in [0.29, 0.717) is 0 Å². The van der Waals surface area contributed by atoms with Crippen LogP contribution in [0.3, 0.4) is 0 Å². The molecule has 2 amide bonds. The summed E-state index contributed by atoms with van der Waals surface area (Å²) in [7, 11) is 2.19. The zero-order valence-corrected chi connectivity index (χ0v) is 12.5. The molecule has 1 N–H and O–H groups in total. The SMILES string of the molecule is CC1CCN(C(=O)NCCC2CCN(C)CC2)CC1. The number of nitrogens with zero attached hydrogens (tertiary/aromatic N) is 2. The number of rotatable bonds is 3. The van der Waals surface area contributed by atoms with Gasteiger partial charge < -0.3 is 15.1 Å². The van der Waals surface area contributed by atoms with E-state index in [1.807, 2.05) is 4.90 Å². The second-order valence-electron chi connectivity index (χ2n) is 6.44. The van der Waals surface area contributed by atoms with Crippen molar-refractivity contribution < 1.29 is 4.79 Å². The molecule has 2 fully saturated rings. The first-order valence-electron chi connectivity index (χ1n) is 7.86. The summed E-state index contributed by atoms with van der Waals surface area (Å²) in [4.78, 5) is 16.4. The third-order valence-corrected chi connectivity index (χ3v) is 4.74. The Labute approximate surface area is 117 Å². The van der Waals surface area contributed by atoms with Crippen LogP contribution in [0.5, 0.6) is 0 Å². The molecule has 4 nitrogen and oxygen atoms in total. The van der Waals surface area contributed by atoms with Crippen LogP contribution in [-0.4, -0.2) is 55.6 Å². The fourth-order valence-electron chi connectivity index (χ4n) is 3.06. The molecule has 2 saturated heterocycles. The van der Waals surface area contributed by atoms with Crippen LogP contribution in [-0.2, 0) is 0 Å². The van der Waals surface area contributed by atoms with Crippen molar-refractivity contribution >= 4 is 6.03 Å². The predicted molar refractivity (Wildman–Crippen MR) is 78.2 cm³/mol. The van der Waals surface area contributed by atoms with Gasteiger partial charge in [0.1, 0.15) is 0 Å². The maximum Gasteiger partial charge on any atom is 0.317 e. The van der Waals surface area contributed by atoms with E-state index in [0.717, 1.165) is 50.7 Å². The number of hydrogen-bond acceptors (Lipinski definition) is 2. The summed E-state index contributed by atoms with van der Waals surface area (Å²) in [6, 6.07) is 0.153. The van der Waals surface area contributed by atoms with Crippen molar-refractivity contribution in [3.63, 3.8) is 0 Å². The predicted octanol–water partition coefficient (Wildman–Crippen LogP) is 2.16. The maximum atomic E-state index is 12.0. The number of hydrogen-bond donors (Lipinski definition) is 1. The monoisotopic (exact) mass is 267 g/mol. The van der Waals surface area contributed by atoms with E-state index in [2.05, 4.69) is 24.2 Å². The van der Waals surface area contributed by atoms with Gasteiger partial charge in [-0.15, -0.1) is 0 Å². The van der Waals surface area contributed by atoms with Gasteiger partial charge in [-0.3, -0.25) is 0 Å². The Morgan fingerprint density at radius 1 is 1.11 bits per heavy atom. The van der Waals surface area contributed by atoms with E-state index in [1.54, 1.807) is 0 Å². The summed E-state index contributed by atoms with van der Waals surface area (Å²) in [6.45, 7) is 7.41. The van der Waals surface area contributed by atoms with Crippen LogP contribution >= 0.6 is 0 Å². The van der Waals surface area contributed by atoms with Gasteiger partial charge in [0.2, 0.25) is 0 Å². The molecule has 2 heterocycles. The van der Waals surface area contributed by atoms with Crippen molar-refractivity contribution in [1.82, 2.24) is 15.1 Å². The molecule has 0 spiro atoms. The summed E-state index contributed by atoms with van der Waals surface area (Å²) >= 11 is 0. The van der Waals surface area contributed by atoms with Gasteiger partial charge in [-0.25, -0.2) is 4.79 Å². The molecule has 0 radical (unpaired) electrons. The first-order chi connectivity index (χ1) is 9.15. The molecule has 0 bridgehead atoms. The largest absolute Gasteiger partial charge is 0.338 e. The molecular formula is C15H29N3O. The fraction of sp³-hybridized carbons (Fsp3) is 0.933. The highest BCUT2D eigenvalue weighted by Gasteiger charge is 2.20. The van der Waals surface area contributed by atoms with Gasteiger partial charge in [-0.1, -0.05) is 6.92 Å². The number of piperidine rings is 2. The maximum absolute atomic E-state index is 12.0. The van der Waals surface area contributed by atoms with Crippen LogP contribution < -0.4 is 5.32 Å². The Hall–Kier alpha value is -0.770. The van der Waals surface area contributed by atoms with Gasteiger partial charge >= 0.3 is 6.03 Å². The molecule has 2 aliphatic heterocycles. The summed E-state index contributed by atoms with van der Waals surface area (Å²) in [6.07, 6.45) is 6.02. The smallest absolute Gasteiger partial charge is 0.317 e. The average molecular weight is 267 g/mol. The molecule has 4 heteroatoms. The third-order valence-electron chi connectivity index (χ3n) is 4.74. The zero-order valence-electron chi connectivity index (χ0n) is 12.5. The van der Waals surface area contributed by atoms with Crippen LogP contribution in [0.1, 0.15) is 39.0 Å². The van der Waals surface area contributed by atoms with Crippen molar-refractivity contribution in [3.05, 3.63) is 0 Å². The average Bonchev–Trinajstić information content (AvgIpc) is 2.41. The van der Waals surface area contributed by atoms with E-state index in [-0.39, 0.29) is 6.03 Å². The molecule has 0 unspecified atom stereocenters. The Morgan fingerprint density at radius 3 is 2.37 bits per heavy atom. The van der Waals surface area contributed by atoms with E-state index >= 15 is 0 Å². The highest BCUT2D eigenvalue weighted by Crippen LogP contribution is 2.19. The first-order valence-corrected chi connectivity index (χ1v) is 7.86. The van der Waals surface area contributed by atoms with Gasteiger partial charge in [0.25, 0.3) is 0 Å². The van der Waals surface area contributed by atoms with Crippen LogP contribution in [0.2, 0.25) is 0 Å². The van der Waals surface area contributed by atoms with Gasteiger partial charge in [-0.05, 0) is 64.1 Å². The van der Waals surface area contributed by atoms with Crippen LogP contribution in [0, 0.1) is 11.8 Å². The van der Waals surface area contributed by atoms with Crippen molar-refractivity contribution in [1.29, 1.82) is 0 Å². The van der Waals surface area contributed by atoms with E-state index in [9.17, 15) is 4.79 Å². The fourth-order valence-corrected chi connectivity index (χ4v) is 3.06. The molecule has 0 aromatic carbocycles. The Morgan fingerprint density at radius 2 is 1.74 bits per heavy atom. The molecule has 2 rings (SSSR count). The number of urea groups is 1. The molecule has 0 aromatic rings. The van der Waals surface area contributed by atoms with Gasteiger partial charge in [-0.2, -0.15) is 0 Å². The number of likely N-dealkylation sites (tertiary alicyclic amines) is 2. The summed E-state index contributed by atoms with van der Waals surface area (Å²) in [5.41, 5.74) is 0. The quantitative estimate of drug-likeness (QED) is 0.850. The van der Waals surface area contributed by atoms with Crippen molar-refractivity contribution in [2.45, 2.75) is 39.0 Å². The van der Waals surface area contributed by atoms with E-state index in [1.165, 1.54) is 25.9 Å². The molecular weight excluding hydrogens is 238 g/mol. The standard InChI is InChI=1S/C15H29N3O/c1-13-4-11-18(12-5-13)15(19)16-8-3-14-6-9-17(2)10-7-14/h13-14H,3-12H2,1-2H3,(H,16,19). The lowest BCUT2D eigenvalue weighted by atomic mass is 9.94. The number of nitrogens with one attached hydrogen (secondary N) is 1. The normalized spacial score (nSPS) is 23.6. The molecule has 0 aromatic heterocycles. The second kappa shape index (κ2) is 7.13. The molecule has 19 heavy (non-hydrogen) atoms. The number of carbonyl (C=O) groups is 1. The molecule has 0 atom stereocenters. The number of carbonyl (C=O) groups excluding carboxylic acids is 1. The lowest BCUT2D eigenvalue weighted by Crippen LogP contribution is -2.44. The van der Waals surface area contributed by atoms with Crippen LogP contribution in [0.4, 0.5) is 4.79 Å². The van der Waals surface area contributed by atoms with Crippen molar-refractivity contribution in [3.8, 4) is 0 Å². The van der Waals surface area contributed by atoms with Gasteiger partial charge in [0.05, 0.1) is 0 Å². The van der Waals surface area contributed by atoms with E-state index in [4.69, 9.17) is 0 Å². The number of amides is 2. The lowest BCUT2D eigenvalue weighted by Gasteiger charge is -2.31. The summed E-state index contributed by atoms with van der Waals surface area (Å²) in [5, 5.41) is 3.10. The van der Waals surface area contributed by atoms with Gasteiger partial charge in [0, 0.05) is 19.6 Å². The minimum absolute atomic E-state index is 0.153. The highest BCUT2D eigenvalue weighted by molar-refractivity contribution is 5.74. The highest BCUT2D eigenvalue weighted by atomic mass is 16.2. The van der Waals surface area contributed by atoms with Crippen molar-refractivity contribution in [2.24, 2.45) is 11.8 Å². The summed E-state index contributed by atoms with van der Waals surface area (Å²) in [5.74, 6) is 1.58. The zero-order chi connectivity index (χ0) is 13.7. The Kier molecular flexibility index (Phi) is 5.49. The van der Waals surface area contributed by atoms with Crippen molar-refractivity contribution in [2.75, 3.05) is 39.8 Å². The van der Waals surface area contributed by atoms with Crippen LogP contribution in [0.15, 0.2) is 0 Å². The third kappa shape index (κ3) is 4.68. The summed E-state index contributed by atoms with van der Waals surface area (Å²) < 4.78 is 0. The lowest BCUT2D eigenvalue weighted by molar-refractivity contribution is 0.171. The van der Waals surface area contributed by atoms with Gasteiger partial charge in [0.15, 0.2) is 0 Å². The second-order valence-corrected chi connectivity index (χ2v) is 6.44. The van der Waals surface area contributed by atoms with Crippen LogP contribution in [0.25, 0.3) is 0 Å². The topological polar surface area (TPSA) is 35.6 Å². The van der Waals surface area contributed by atoms with E-state index < -0.39 is 0 Å². The minimum Gasteiger partial charge on any atom is -0.338 e. The first kappa shape index (κ1) is 14.6. The minimum atomic E-state index is 0.153.